The van der Waals surface area contributed by atoms with Crippen LogP contribution in [0.25, 0.3) is 0 Å². The highest BCUT2D eigenvalue weighted by Gasteiger charge is 2.33. The molecule has 0 atom stereocenters. The number of halogens is 5. The Morgan fingerprint density at radius 3 is 2.47 bits per heavy atom. The second-order valence-electron chi connectivity index (χ2n) is 8.53. The van der Waals surface area contributed by atoms with Gasteiger partial charge in [0.15, 0.2) is 5.69 Å². The molecule has 0 aliphatic carbocycles. The molecule has 13 heteroatoms. The first-order chi connectivity index (χ1) is 17.1. The van der Waals surface area contributed by atoms with Crippen LogP contribution in [0.1, 0.15) is 56.8 Å². The number of nitrogens with one attached hydrogen (secondary N) is 1. The molecule has 0 unspecified atom stereocenters. The summed E-state index contributed by atoms with van der Waals surface area (Å²) in [5.74, 6) is -0.241. The van der Waals surface area contributed by atoms with Crippen molar-refractivity contribution in [3.63, 3.8) is 0 Å². The zero-order chi connectivity index (χ0) is 25.9. The van der Waals surface area contributed by atoms with E-state index in [2.05, 4.69) is 24.6 Å². The van der Waals surface area contributed by atoms with Crippen LogP contribution in [0.2, 0.25) is 0 Å². The Labute approximate surface area is 208 Å². The Balaban J connectivity index is 1.39. The normalized spacial score (nSPS) is 15.4. The molecule has 7 nitrogen and oxygen atoms in total. The lowest BCUT2D eigenvalue weighted by Crippen LogP contribution is -2.36. The molecule has 1 N–H and O–H groups in total. The number of aromatic nitrogens is 4. The Kier molecular flexibility index (Phi) is 7.88. The lowest BCUT2D eigenvalue weighted by Gasteiger charge is -2.31. The van der Waals surface area contributed by atoms with Crippen molar-refractivity contribution in [3.8, 4) is 0 Å². The van der Waals surface area contributed by atoms with Gasteiger partial charge in [0.2, 0.25) is 0 Å². The van der Waals surface area contributed by atoms with Crippen LogP contribution in [0.15, 0.2) is 30.7 Å². The number of hydrogen-bond acceptors (Lipinski definition) is 7. The molecule has 1 amide bonds. The van der Waals surface area contributed by atoms with Gasteiger partial charge < -0.3 is 5.32 Å². The fourth-order valence-electron chi connectivity index (χ4n) is 4.11. The lowest BCUT2D eigenvalue weighted by atomic mass is 9.93. The molecule has 3 aromatic rings. The van der Waals surface area contributed by atoms with Crippen LogP contribution in [0, 0.1) is 6.92 Å². The SMILES string of the molecule is Cc1nsc(Cc2cnc(C(F)(F)F)cn2)c1C(=O)Nc1ccc(C2CCN(CC(F)F)CC2)nc1. The third-order valence-electron chi connectivity index (χ3n) is 5.94. The van der Waals surface area contributed by atoms with E-state index in [0.29, 0.717) is 41.1 Å². The number of aryl methyl sites for hydroxylation is 1. The molecule has 1 saturated heterocycles. The molecule has 4 heterocycles. The minimum absolute atomic E-state index is 0.112. The van der Waals surface area contributed by atoms with Gasteiger partial charge in [-0.2, -0.15) is 17.5 Å². The molecular weight excluding hydrogens is 503 g/mol. The molecular formula is C23H23F5N6OS. The number of likely N-dealkylation sites (tertiary alicyclic amines) is 1. The summed E-state index contributed by atoms with van der Waals surface area (Å²) in [5, 5.41) is 2.79. The average molecular weight is 527 g/mol. The smallest absolute Gasteiger partial charge is 0.320 e. The maximum atomic E-state index is 13.0. The van der Waals surface area contributed by atoms with E-state index in [1.165, 1.54) is 0 Å². The van der Waals surface area contributed by atoms with Crippen molar-refractivity contribution < 1.29 is 26.7 Å². The van der Waals surface area contributed by atoms with Crippen molar-refractivity contribution in [3.05, 3.63) is 63.9 Å². The fourth-order valence-corrected chi connectivity index (χ4v) is 4.99. The summed E-state index contributed by atoms with van der Waals surface area (Å²) in [6.45, 7) is 2.64. The van der Waals surface area contributed by atoms with Crippen LogP contribution in [0.4, 0.5) is 27.6 Å². The van der Waals surface area contributed by atoms with Gasteiger partial charge in [0, 0.05) is 29.1 Å². The largest absolute Gasteiger partial charge is 0.434 e. The third kappa shape index (κ3) is 6.38. The van der Waals surface area contributed by atoms with Gasteiger partial charge in [-0.3, -0.25) is 19.7 Å². The van der Waals surface area contributed by atoms with Gasteiger partial charge in [-0.15, -0.1) is 0 Å². The van der Waals surface area contributed by atoms with E-state index in [-0.39, 0.29) is 24.6 Å². The maximum Gasteiger partial charge on any atom is 0.434 e. The first kappa shape index (κ1) is 26.0. The number of pyridine rings is 1. The minimum Gasteiger partial charge on any atom is -0.320 e. The van der Waals surface area contributed by atoms with Crippen LogP contribution in [0.5, 0.6) is 0 Å². The number of piperidine rings is 1. The summed E-state index contributed by atoms with van der Waals surface area (Å²) >= 11 is 1.08. The van der Waals surface area contributed by atoms with Gasteiger partial charge in [0.25, 0.3) is 12.3 Å². The van der Waals surface area contributed by atoms with E-state index in [9.17, 15) is 26.7 Å². The van der Waals surface area contributed by atoms with Crippen LogP contribution in [0.3, 0.4) is 0 Å². The fraction of sp³-hybridized carbons (Fsp3) is 0.435. The van der Waals surface area contributed by atoms with Crippen molar-refractivity contribution in [1.29, 1.82) is 0 Å². The summed E-state index contributed by atoms with van der Waals surface area (Å²) in [5.41, 5.74) is 1.35. The van der Waals surface area contributed by atoms with Crippen molar-refractivity contribution in [2.45, 2.75) is 44.7 Å². The van der Waals surface area contributed by atoms with E-state index in [1.807, 2.05) is 6.07 Å². The Morgan fingerprint density at radius 1 is 1.14 bits per heavy atom. The number of carbonyl (C=O) groups is 1. The minimum atomic E-state index is -4.58. The molecule has 36 heavy (non-hydrogen) atoms. The van der Waals surface area contributed by atoms with E-state index in [4.69, 9.17) is 0 Å². The van der Waals surface area contributed by atoms with Crippen LogP contribution < -0.4 is 5.32 Å². The molecule has 0 aromatic carbocycles. The summed E-state index contributed by atoms with van der Waals surface area (Å²) in [6.07, 6.45) is -2.07. The number of hydrogen-bond donors (Lipinski definition) is 1. The first-order valence-corrected chi connectivity index (χ1v) is 12.0. The van der Waals surface area contributed by atoms with E-state index in [0.717, 1.165) is 36.3 Å². The number of amides is 1. The molecule has 1 aliphatic rings. The number of carbonyl (C=O) groups excluding carboxylic acids is 1. The highest BCUT2D eigenvalue weighted by Crippen LogP contribution is 2.29. The van der Waals surface area contributed by atoms with E-state index >= 15 is 0 Å². The van der Waals surface area contributed by atoms with Gasteiger partial charge in [-0.1, -0.05) is 0 Å². The lowest BCUT2D eigenvalue weighted by molar-refractivity contribution is -0.141. The number of alkyl halides is 5. The van der Waals surface area contributed by atoms with Crippen LogP contribution in [-0.4, -0.2) is 56.2 Å². The Morgan fingerprint density at radius 2 is 1.89 bits per heavy atom. The molecule has 0 bridgehead atoms. The zero-order valence-electron chi connectivity index (χ0n) is 19.2. The second-order valence-corrected chi connectivity index (χ2v) is 9.38. The van der Waals surface area contributed by atoms with E-state index in [1.54, 1.807) is 24.1 Å². The van der Waals surface area contributed by atoms with Gasteiger partial charge >= 0.3 is 6.18 Å². The number of rotatable bonds is 7. The molecule has 3 aromatic heterocycles. The highest BCUT2D eigenvalue weighted by molar-refractivity contribution is 7.06. The van der Waals surface area contributed by atoms with Crippen LogP contribution in [-0.2, 0) is 12.6 Å². The predicted molar refractivity (Wildman–Crippen MR) is 123 cm³/mol. The van der Waals surface area contributed by atoms with Gasteiger partial charge in [-0.25, -0.2) is 13.8 Å². The number of anilines is 1. The molecule has 0 radical (unpaired) electrons. The van der Waals surface area contributed by atoms with Crippen molar-refractivity contribution in [2.24, 2.45) is 0 Å². The zero-order valence-corrected chi connectivity index (χ0v) is 20.0. The van der Waals surface area contributed by atoms with Crippen molar-refractivity contribution >= 4 is 23.1 Å². The number of nitrogens with zero attached hydrogens (tertiary/aromatic N) is 5. The van der Waals surface area contributed by atoms with Gasteiger partial charge in [0.05, 0.1) is 41.6 Å². The Hall–Kier alpha value is -3.06. The van der Waals surface area contributed by atoms with E-state index < -0.39 is 24.2 Å². The summed E-state index contributed by atoms with van der Waals surface area (Å²) < 4.78 is 67.5. The van der Waals surface area contributed by atoms with Crippen LogP contribution >= 0.6 is 11.5 Å². The maximum absolute atomic E-state index is 13.0. The topological polar surface area (TPSA) is 83.9 Å². The first-order valence-electron chi connectivity index (χ1n) is 11.2. The average Bonchev–Trinajstić information content (AvgIpc) is 3.19. The quantitative estimate of drug-likeness (QED) is 0.439. The molecule has 192 valence electrons. The van der Waals surface area contributed by atoms with Gasteiger partial charge in [-0.05, 0) is 56.5 Å². The summed E-state index contributed by atoms with van der Waals surface area (Å²) in [4.78, 5) is 27.0. The molecule has 0 saturated carbocycles. The van der Waals surface area contributed by atoms with Gasteiger partial charge in [0.1, 0.15) is 0 Å². The highest BCUT2D eigenvalue weighted by atomic mass is 32.1. The summed E-state index contributed by atoms with van der Waals surface area (Å²) in [6, 6.07) is 3.56. The summed E-state index contributed by atoms with van der Waals surface area (Å²) in [7, 11) is 0. The molecule has 4 rings (SSSR count). The van der Waals surface area contributed by atoms with Crippen molar-refractivity contribution in [1.82, 2.24) is 24.2 Å². The standard InChI is InChI=1S/C23H23F5N6OS/c1-13-21(18(36-33-13)8-16-10-31-19(11-29-16)23(26,27)28)22(35)32-15-2-3-17(30-9-15)14-4-6-34(7-5-14)12-20(24)25/h2-3,9-11,14,20H,4-8,12H2,1H3,(H,32,35). The monoisotopic (exact) mass is 526 g/mol. The molecule has 0 spiro atoms. The Bertz CT molecular complexity index is 1180. The predicted octanol–water partition coefficient (Wildman–Crippen LogP) is 4.94. The molecule has 1 fully saturated rings. The second kappa shape index (κ2) is 10.9. The molecule has 1 aliphatic heterocycles. The third-order valence-corrected chi connectivity index (χ3v) is 6.88. The van der Waals surface area contributed by atoms with Crippen molar-refractivity contribution in [2.75, 3.05) is 25.0 Å².